The maximum atomic E-state index is 13.3. The van der Waals surface area contributed by atoms with E-state index in [1.54, 1.807) is 7.11 Å². The highest BCUT2D eigenvalue weighted by molar-refractivity contribution is 6.30. The predicted octanol–water partition coefficient (Wildman–Crippen LogP) is 5.66. The topological polar surface area (TPSA) is 43.7 Å². The third kappa shape index (κ3) is 6.87. The first-order valence-corrected chi connectivity index (χ1v) is 11.4. The Morgan fingerprint density at radius 1 is 1.06 bits per heavy atom. The Morgan fingerprint density at radius 2 is 1.88 bits per heavy atom. The Hall–Kier alpha value is -2.76. The summed E-state index contributed by atoms with van der Waals surface area (Å²) in [5, 5.41) is 0.718. The first-order valence-electron chi connectivity index (χ1n) is 11.0. The van der Waals surface area contributed by atoms with E-state index in [-0.39, 0.29) is 5.91 Å². The molecule has 0 saturated carbocycles. The first-order chi connectivity index (χ1) is 15.6. The van der Waals surface area contributed by atoms with Gasteiger partial charge in [0.2, 0.25) is 0 Å². The second kappa shape index (κ2) is 12.3. The molecule has 1 aromatic heterocycles. The number of benzene rings is 2. The zero-order valence-electron chi connectivity index (χ0n) is 18.8. The fourth-order valence-corrected chi connectivity index (χ4v) is 3.65. The Morgan fingerprint density at radius 3 is 2.59 bits per heavy atom. The van der Waals surface area contributed by atoms with Crippen molar-refractivity contribution in [3.63, 3.8) is 0 Å². The summed E-state index contributed by atoms with van der Waals surface area (Å²) in [4.78, 5) is 15.1. The number of unbranched alkanes of at least 4 members (excludes halogenated alkanes) is 1. The number of methoxy groups -OCH3 is 1. The molecular formula is C26H31ClN2O3. The Bertz CT molecular complexity index is 985. The summed E-state index contributed by atoms with van der Waals surface area (Å²) in [6, 6.07) is 19.2. The summed E-state index contributed by atoms with van der Waals surface area (Å²) in [6.07, 6.45) is 4.13. The molecule has 5 nitrogen and oxygen atoms in total. The lowest BCUT2D eigenvalue weighted by Gasteiger charge is -2.23. The smallest absolute Gasteiger partial charge is 0.254 e. The van der Waals surface area contributed by atoms with Gasteiger partial charge in [0.25, 0.3) is 5.91 Å². The molecule has 0 aliphatic rings. The van der Waals surface area contributed by atoms with Crippen LogP contribution in [0.3, 0.4) is 0 Å². The maximum Gasteiger partial charge on any atom is 0.254 e. The van der Waals surface area contributed by atoms with E-state index in [9.17, 15) is 4.79 Å². The molecule has 0 fully saturated rings. The maximum absolute atomic E-state index is 13.3. The Kier molecular flexibility index (Phi) is 9.20. The second-order valence-corrected chi connectivity index (χ2v) is 8.14. The van der Waals surface area contributed by atoms with Gasteiger partial charge in [-0.3, -0.25) is 4.79 Å². The van der Waals surface area contributed by atoms with E-state index in [4.69, 9.17) is 21.1 Å². The normalized spacial score (nSPS) is 10.8. The van der Waals surface area contributed by atoms with Crippen LogP contribution in [0.5, 0.6) is 5.75 Å². The molecule has 0 saturated heterocycles. The molecule has 3 rings (SSSR count). The quantitative estimate of drug-likeness (QED) is 0.332. The zero-order chi connectivity index (χ0) is 22.8. The van der Waals surface area contributed by atoms with Gasteiger partial charge >= 0.3 is 0 Å². The number of amides is 1. The third-order valence-electron chi connectivity index (χ3n) is 5.24. The fourth-order valence-electron chi connectivity index (χ4n) is 3.44. The number of rotatable bonds is 12. The van der Waals surface area contributed by atoms with Crippen LogP contribution in [-0.2, 0) is 17.8 Å². The van der Waals surface area contributed by atoms with Crippen molar-refractivity contribution >= 4 is 17.5 Å². The minimum atomic E-state index is -0.0299. The number of carbonyl (C=O) groups excluding carboxylic acids is 1. The van der Waals surface area contributed by atoms with Crippen molar-refractivity contribution in [3.8, 4) is 5.75 Å². The average Bonchev–Trinajstić information content (AvgIpc) is 3.23. The lowest BCUT2D eigenvalue weighted by Crippen LogP contribution is -2.34. The van der Waals surface area contributed by atoms with Gasteiger partial charge in [-0.1, -0.05) is 37.1 Å². The molecule has 0 bridgehead atoms. The molecule has 0 aliphatic carbocycles. The largest absolute Gasteiger partial charge is 0.494 e. The van der Waals surface area contributed by atoms with E-state index in [0.29, 0.717) is 38.4 Å². The van der Waals surface area contributed by atoms with Crippen LogP contribution in [0.1, 0.15) is 41.4 Å². The highest BCUT2D eigenvalue weighted by atomic mass is 35.5. The van der Waals surface area contributed by atoms with E-state index in [0.717, 1.165) is 34.9 Å². The van der Waals surface area contributed by atoms with Crippen LogP contribution in [0.4, 0.5) is 0 Å². The number of nitrogens with zero attached hydrogens (tertiary/aromatic N) is 2. The summed E-state index contributed by atoms with van der Waals surface area (Å²) in [5.41, 5.74) is 2.80. The summed E-state index contributed by atoms with van der Waals surface area (Å²) in [6.45, 7) is 4.98. The zero-order valence-corrected chi connectivity index (χ0v) is 19.6. The number of ether oxygens (including phenoxy) is 2. The molecule has 0 atom stereocenters. The van der Waals surface area contributed by atoms with Crippen molar-refractivity contribution in [1.82, 2.24) is 9.47 Å². The van der Waals surface area contributed by atoms with Gasteiger partial charge in [-0.25, -0.2) is 0 Å². The molecule has 0 N–H and O–H groups in total. The molecule has 0 spiro atoms. The van der Waals surface area contributed by atoms with E-state index in [1.807, 2.05) is 71.8 Å². The number of carbonyl (C=O) groups is 1. The third-order valence-corrected chi connectivity index (χ3v) is 5.47. The van der Waals surface area contributed by atoms with E-state index >= 15 is 0 Å². The summed E-state index contributed by atoms with van der Waals surface area (Å²) in [5.74, 6) is 0.756. The van der Waals surface area contributed by atoms with Gasteiger partial charge in [-0.15, -0.1) is 0 Å². The number of aromatic nitrogens is 1. The standard InChI is InChI=1S/C26H31ClN2O3/c1-3-4-16-32-25-12-10-22(11-13-25)26(30)29(15-17-31-2)20-24-9-6-14-28(24)19-21-7-5-8-23(27)18-21/h5-14,18H,3-4,15-17,19-20H2,1-2H3. The Balaban J connectivity index is 1.71. The SMILES string of the molecule is CCCCOc1ccc(C(=O)N(CCOC)Cc2cccn2Cc2cccc(Cl)c2)cc1. The predicted molar refractivity (Wildman–Crippen MR) is 128 cm³/mol. The van der Waals surface area contributed by atoms with Gasteiger partial charge in [-0.05, 0) is 60.5 Å². The molecule has 0 unspecified atom stereocenters. The van der Waals surface area contributed by atoms with E-state index in [1.165, 1.54) is 0 Å². The van der Waals surface area contributed by atoms with E-state index < -0.39 is 0 Å². The number of hydrogen-bond donors (Lipinski definition) is 0. The monoisotopic (exact) mass is 454 g/mol. The lowest BCUT2D eigenvalue weighted by atomic mass is 10.2. The Labute approximate surface area is 195 Å². The van der Waals surface area contributed by atoms with Gasteiger partial charge < -0.3 is 18.9 Å². The molecule has 0 aliphatic heterocycles. The summed E-state index contributed by atoms with van der Waals surface area (Å²) in [7, 11) is 1.65. The summed E-state index contributed by atoms with van der Waals surface area (Å²) >= 11 is 6.14. The number of halogens is 1. The minimum Gasteiger partial charge on any atom is -0.494 e. The molecule has 2 aromatic carbocycles. The minimum absolute atomic E-state index is 0.0299. The van der Waals surface area contributed by atoms with Crippen LogP contribution in [0.15, 0.2) is 66.9 Å². The van der Waals surface area contributed by atoms with Crippen molar-refractivity contribution < 1.29 is 14.3 Å². The van der Waals surface area contributed by atoms with Crippen LogP contribution in [0, 0.1) is 0 Å². The van der Waals surface area contributed by atoms with Crippen molar-refractivity contribution in [3.05, 3.63) is 88.7 Å². The molecule has 0 radical (unpaired) electrons. The van der Waals surface area contributed by atoms with Gasteiger partial charge in [0.05, 0.1) is 19.8 Å². The van der Waals surface area contributed by atoms with Crippen LogP contribution in [0.2, 0.25) is 5.02 Å². The van der Waals surface area contributed by atoms with Gasteiger partial charge in [0.15, 0.2) is 0 Å². The van der Waals surface area contributed by atoms with E-state index in [2.05, 4.69) is 11.5 Å². The van der Waals surface area contributed by atoms with Crippen LogP contribution in [0.25, 0.3) is 0 Å². The highest BCUT2D eigenvalue weighted by Crippen LogP contribution is 2.18. The molecule has 1 amide bonds. The van der Waals surface area contributed by atoms with Gasteiger partial charge in [0, 0.05) is 42.7 Å². The fraction of sp³-hybridized carbons (Fsp3) is 0.346. The number of hydrogen-bond acceptors (Lipinski definition) is 3. The van der Waals surface area contributed by atoms with Gasteiger partial charge in [-0.2, -0.15) is 0 Å². The molecular weight excluding hydrogens is 424 g/mol. The molecule has 3 aromatic rings. The molecule has 6 heteroatoms. The van der Waals surface area contributed by atoms with Crippen molar-refractivity contribution in [2.24, 2.45) is 0 Å². The summed E-state index contributed by atoms with van der Waals surface area (Å²) < 4.78 is 13.1. The average molecular weight is 455 g/mol. The first kappa shape index (κ1) is 23.9. The van der Waals surface area contributed by atoms with Gasteiger partial charge in [0.1, 0.15) is 5.75 Å². The lowest BCUT2D eigenvalue weighted by molar-refractivity contribution is 0.0676. The van der Waals surface area contributed by atoms with Crippen LogP contribution >= 0.6 is 11.6 Å². The van der Waals surface area contributed by atoms with Crippen LogP contribution < -0.4 is 4.74 Å². The van der Waals surface area contributed by atoms with Crippen molar-refractivity contribution in [2.75, 3.05) is 26.9 Å². The second-order valence-electron chi connectivity index (χ2n) is 7.70. The van der Waals surface area contributed by atoms with Crippen molar-refractivity contribution in [2.45, 2.75) is 32.9 Å². The highest BCUT2D eigenvalue weighted by Gasteiger charge is 2.18. The molecule has 170 valence electrons. The molecule has 1 heterocycles. The van der Waals surface area contributed by atoms with Crippen molar-refractivity contribution in [1.29, 1.82) is 0 Å². The molecule has 32 heavy (non-hydrogen) atoms. The van der Waals surface area contributed by atoms with Crippen LogP contribution in [-0.4, -0.2) is 42.2 Å².